The molecule has 1 aliphatic heterocycles. The third-order valence-corrected chi connectivity index (χ3v) is 3.49. The van der Waals surface area contributed by atoms with Crippen LogP contribution in [0.4, 0.5) is 5.69 Å². The Morgan fingerprint density at radius 1 is 1.27 bits per heavy atom. The van der Waals surface area contributed by atoms with E-state index >= 15 is 0 Å². The van der Waals surface area contributed by atoms with Crippen molar-refractivity contribution in [2.24, 2.45) is 4.99 Å². The molecule has 0 spiro atoms. The molecule has 0 atom stereocenters. The van der Waals surface area contributed by atoms with Gasteiger partial charge in [0.15, 0.2) is 11.5 Å². The first-order valence-corrected chi connectivity index (χ1v) is 7.40. The molecule has 0 aromatic heterocycles. The molecular weight excluding hydrogens is 302 g/mol. The van der Waals surface area contributed by atoms with Gasteiger partial charge >= 0.3 is 0 Å². The van der Waals surface area contributed by atoms with E-state index in [1.807, 2.05) is 30.3 Å². The van der Waals surface area contributed by atoms with Gasteiger partial charge in [0.2, 0.25) is 0 Å². The first kappa shape index (κ1) is 14.6. The molecule has 4 nitrogen and oxygen atoms in total. The highest BCUT2D eigenvalue weighted by Gasteiger charge is 2.19. The van der Waals surface area contributed by atoms with Crippen LogP contribution < -0.4 is 9.47 Å². The molecule has 3 rings (SSSR count). The predicted molar refractivity (Wildman–Crippen MR) is 85.9 cm³/mol. The minimum atomic E-state index is -0.208. The average Bonchev–Trinajstić information content (AvgIpc) is 2.59. The number of nitrogens with zero attached hydrogens (tertiary/aromatic N) is 1. The Morgan fingerprint density at radius 3 is 2.86 bits per heavy atom. The normalized spacial score (nSPS) is 12.4. The number of halogens is 1. The average molecular weight is 316 g/mol. The van der Waals surface area contributed by atoms with Crippen molar-refractivity contribution in [3.8, 4) is 11.5 Å². The van der Waals surface area contributed by atoms with E-state index in [1.54, 1.807) is 18.3 Å². The second-order valence-electron chi connectivity index (χ2n) is 4.77. The second kappa shape index (κ2) is 6.62. The summed E-state index contributed by atoms with van der Waals surface area (Å²) in [6.45, 7) is 0.762. The molecule has 0 bridgehead atoms. The van der Waals surface area contributed by atoms with Crippen LogP contribution in [0.5, 0.6) is 11.5 Å². The molecule has 2 aromatic rings. The lowest BCUT2D eigenvalue weighted by atomic mass is 10.1. The van der Waals surface area contributed by atoms with Crippen molar-refractivity contribution < 1.29 is 14.3 Å². The van der Waals surface area contributed by atoms with Crippen LogP contribution in [0.2, 0.25) is 0 Å². The molecule has 0 fully saturated rings. The maximum atomic E-state index is 12.0. The van der Waals surface area contributed by atoms with Crippen LogP contribution in [0.15, 0.2) is 47.5 Å². The number of alkyl halides is 1. The summed E-state index contributed by atoms with van der Waals surface area (Å²) in [5, 5.41) is 0. The number of hydrogen-bond acceptors (Lipinski definition) is 4. The number of hydrogen-bond donors (Lipinski definition) is 0. The fraction of sp³-hybridized carbons (Fsp3) is 0.176. The maximum absolute atomic E-state index is 12.0. The Morgan fingerprint density at radius 2 is 2.09 bits per heavy atom. The number of ketones is 1. The van der Waals surface area contributed by atoms with Gasteiger partial charge in [0.1, 0.15) is 24.7 Å². The smallest absolute Gasteiger partial charge is 0.181 e. The third kappa shape index (κ3) is 3.12. The zero-order chi connectivity index (χ0) is 15.4. The molecule has 5 heteroatoms. The van der Waals surface area contributed by atoms with Gasteiger partial charge in [0.25, 0.3) is 0 Å². The summed E-state index contributed by atoms with van der Waals surface area (Å²) in [5.41, 5.74) is 2.04. The third-order valence-electron chi connectivity index (χ3n) is 3.25. The summed E-state index contributed by atoms with van der Waals surface area (Å²) in [4.78, 5) is 16.3. The zero-order valence-electron chi connectivity index (χ0n) is 11.8. The fourth-order valence-electron chi connectivity index (χ4n) is 2.19. The largest absolute Gasteiger partial charge is 0.489 e. The fourth-order valence-corrected chi connectivity index (χ4v) is 2.34. The number of aliphatic imine (C=N–C) groups is 1. The minimum absolute atomic E-state index is 0.109. The molecule has 0 unspecified atom stereocenters. The monoisotopic (exact) mass is 315 g/mol. The Hall–Kier alpha value is -2.33. The van der Waals surface area contributed by atoms with Crippen molar-refractivity contribution >= 4 is 29.3 Å². The molecule has 0 aliphatic carbocycles. The summed E-state index contributed by atoms with van der Waals surface area (Å²) in [6, 6.07) is 13.2. The van der Waals surface area contributed by atoms with E-state index in [-0.39, 0.29) is 11.7 Å². The number of rotatable bonds is 5. The molecule has 22 heavy (non-hydrogen) atoms. The Bertz CT molecular complexity index is 713. The quantitative estimate of drug-likeness (QED) is 0.623. The number of fused-ring (bicyclic) bond motifs is 1. The van der Waals surface area contributed by atoms with Crippen LogP contribution in [0, 0.1) is 0 Å². The lowest BCUT2D eigenvalue weighted by molar-refractivity contribution is 0.101. The van der Waals surface area contributed by atoms with Crippen molar-refractivity contribution in [3.63, 3.8) is 0 Å². The predicted octanol–water partition coefficient (Wildman–Crippen LogP) is 3.78. The lowest BCUT2D eigenvalue weighted by Gasteiger charge is -2.17. The highest BCUT2D eigenvalue weighted by Crippen LogP contribution is 2.38. The molecule has 2 aromatic carbocycles. The van der Waals surface area contributed by atoms with Gasteiger partial charge in [0.05, 0.1) is 11.4 Å². The van der Waals surface area contributed by atoms with Crippen LogP contribution >= 0.6 is 11.6 Å². The van der Waals surface area contributed by atoms with E-state index < -0.39 is 0 Å². The first-order chi connectivity index (χ1) is 10.8. The van der Waals surface area contributed by atoms with Gasteiger partial charge in [-0.05, 0) is 11.6 Å². The maximum Gasteiger partial charge on any atom is 0.181 e. The number of carbonyl (C=O) groups is 1. The molecule has 1 aliphatic rings. The summed E-state index contributed by atoms with van der Waals surface area (Å²) in [6.07, 6.45) is 1.65. The first-order valence-electron chi connectivity index (χ1n) is 6.87. The van der Waals surface area contributed by atoms with E-state index in [1.165, 1.54) is 0 Å². The summed E-state index contributed by atoms with van der Waals surface area (Å²) < 4.78 is 11.3. The molecule has 1 heterocycles. The van der Waals surface area contributed by atoms with E-state index in [0.717, 1.165) is 5.56 Å². The van der Waals surface area contributed by atoms with Crippen molar-refractivity contribution in [2.75, 3.05) is 12.5 Å². The zero-order valence-corrected chi connectivity index (χ0v) is 12.5. The van der Waals surface area contributed by atoms with Gasteiger partial charge in [-0.15, -0.1) is 11.6 Å². The van der Waals surface area contributed by atoms with Crippen molar-refractivity contribution in [1.82, 2.24) is 0 Å². The van der Waals surface area contributed by atoms with Gasteiger partial charge < -0.3 is 9.47 Å². The number of benzene rings is 2. The van der Waals surface area contributed by atoms with Gasteiger partial charge in [0, 0.05) is 12.3 Å². The molecule has 0 N–H and O–H groups in total. The highest BCUT2D eigenvalue weighted by molar-refractivity contribution is 6.31. The van der Waals surface area contributed by atoms with Gasteiger partial charge in [-0.3, -0.25) is 9.79 Å². The van der Waals surface area contributed by atoms with Crippen LogP contribution in [0.3, 0.4) is 0 Å². The highest BCUT2D eigenvalue weighted by atomic mass is 35.5. The van der Waals surface area contributed by atoms with E-state index in [4.69, 9.17) is 21.1 Å². The van der Waals surface area contributed by atoms with E-state index in [2.05, 4.69) is 4.99 Å². The topological polar surface area (TPSA) is 47.9 Å². The second-order valence-corrected chi connectivity index (χ2v) is 5.04. The standard InChI is InChI=1S/C17H14ClNO3/c18-10-16(20)14-8-13(9-15-17(14)21-7-6-19-15)22-11-12-4-2-1-3-5-12/h1-6,8-9H,7,10-11H2. The number of carbonyl (C=O) groups excluding carboxylic acids is 1. The lowest BCUT2D eigenvalue weighted by Crippen LogP contribution is -2.10. The number of Topliss-reactive ketones (excluding diaryl/α,β-unsaturated/α-hetero) is 1. The number of ether oxygens (including phenoxy) is 2. The van der Waals surface area contributed by atoms with Crippen LogP contribution in [0.25, 0.3) is 0 Å². The van der Waals surface area contributed by atoms with Gasteiger partial charge in [-0.25, -0.2) is 0 Å². The summed E-state index contributed by atoms with van der Waals surface area (Å²) in [7, 11) is 0. The SMILES string of the molecule is O=C(CCl)c1cc(OCc2ccccc2)cc2c1OCC=N2. The van der Waals surface area contributed by atoms with E-state index in [9.17, 15) is 4.79 Å². The summed E-state index contributed by atoms with van der Waals surface area (Å²) in [5.74, 6) is 0.723. The Kier molecular flexibility index (Phi) is 4.39. The van der Waals surface area contributed by atoms with E-state index in [0.29, 0.717) is 36.0 Å². The Labute approximate surface area is 133 Å². The molecule has 112 valence electrons. The molecular formula is C17H14ClNO3. The van der Waals surface area contributed by atoms with Crippen LogP contribution in [0.1, 0.15) is 15.9 Å². The molecule has 0 radical (unpaired) electrons. The van der Waals surface area contributed by atoms with Crippen LogP contribution in [-0.2, 0) is 6.61 Å². The minimum Gasteiger partial charge on any atom is -0.489 e. The van der Waals surface area contributed by atoms with Crippen LogP contribution in [-0.4, -0.2) is 24.5 Å². The van der Waals surface area contributed by atoms with Gasteiger partial charge in [-0.1, -0.05) is 30.3 Å². The summed E-state index contributed by atoms with van der Waals surface area (Å²) >= 11 is 5.67. The van der Waals surface area contributed by atoms with Crippen molar-refractivity contribution in [1.29, 1.82) is 0 Å². The van der Waals surface area contributed by atoms with Crippen molar-refractivity contribution in [2.45, 2.75) is 6.61 Å². The molecule has 0 saturated carbocycles. The Balaban J connectivity index is 1.89. The van der Waals surface area contributed by atoms with Crippen molar-refractivity contribution in [3.05, 3.63) is 53.6 Å². The molecule has 0 amide bonds. The van der Waals surface area contributed by atoms with Gasteiger partial charge in [-0.2, -0.15) is 0 Å². The molecule has 0 saturated heterocycles.